The van der Waals surface area contributed by atoms with Crippen LogP contribution in [0.2, 0.25) is 0 Å². The van der Waals surface area contributed by atoms with Crippen molar-refractivity contribution < 1.29 is 9.32 Å². The summed E-state index contributed by atoms with van der Waals surface area (Å²) in [6.45, 7) is 4.39. The van der Waals surface area contributed by atoms with Gasteiger partial charge in [0.15, 0.2) is 0 Å². The Bertz CT molecular complexity index is 572. The van der Waals surface area contributed by atoms with Gasteiger partial charge in [0.1, 0.15) is 11.5 Å². The van der Waals surface area contributed by atoms with Crippen molar-refractivity contribution >= 4 is 5.91 Å². The van der Waals surface area contributed by atoms with Gasteiger partial charge in [-0.15, -0.1) is 0 Å². The molecule has 20 heavy (non-hydrogen) atoms. The van der Waals surface area contributed by atoms with Gasteiger partial charge in [-0.2, -0.15) is 0 Å². The van der Waals surface area contributed by atoms with E-state index >= 15 is 0 Å². The lowest BCUT2D eigenvalue weighted by Gasteiger charge is -2.15. The van der Waals surface area contributed by atoms with Crippen LogP contribution in [0.25, 0.3) is 0 Å². The number of nitrogens with zero attached hydrogens (tertiary/aromatic N) is 2. The number of aryl methyl sites for hydroxylation is 3. The highest BCUT2D eigenvalue weighted by atomic mass is 16.5. The average Bonchev–Trinajstić information content (AvgIpc) is 2.83. The van der Waals surface area contributed by atoms with Gasteiger partial charge in [0.2, 0.25) is 5.91 Å². The standard InChI is InChI=1S/C16H20N2O2/c1-12-4-6-14(7-5-12)8-9-16(19)18(3)11-15-10-13(2)20-17-15/h4-7,10H,8-9,11H2,1-3H3. The molecular formula is C16H20N2O2. The Balaban J connectivity index is 1.83. The fourth-order valence-corrected chi connectivity index (χ4v) is 2.02. The number of aromatic nitrogens is 1. The predicted molar refractivity (Wildman–Crippen MR) is 77.2 cm³/mol. The van der Waals surface area contributed by atoms with E-state index in [9.17, 15) is 4.79 Å². The first-order chi connectivity index (χ1) is 9.54. The van der Waals surface area contributed by atoms with Gasteiger partial charge in [-0.25, -0.2) is 0 Å². The quantitative estimate of drug-likeness (QED) is 0.840. The lowest BCUT2D eigenvalue weighted by atomic mass is 10.1. The van der Waals surface area contributed by atoms with Crippen molar-refractivity contribution in [3.8, 4) is 0 Å². The van der Waals surface area contributed by atoms with E-state index in [0.717, 1.165) is 17.9 Å². The van der Waals surface area contributed by atoms with Gasteiger partial charge >= 0.3 is 0 Å². The second-order valence-corrected chi connectivity index (χ2v) is 5.16. The minimum atomic E-state index is 0.117. The van der Waals surface area contributed by atoms with Crippen molar-refractivity contribution in [2.24, 2.45) is 0 Å². The summed E-state index contributed by atoms with van der Waals surface area (Å²) in [4.78, 5) is 13.7. The second kappa shape index (κ2) is 6.37. The zero-order chi connectivity index (χ0) is 14.5. The molecule has 0 saturated heterocycles. The third-order valence-electron chi connectivity index (χ3n) is 3.25. The van der Waals surface area contributed by atoms with Crippen LogP contribution in [0.4, 0.5) is 0 Å². The molecule has 0 unspecified atom stereocenters. The summed E-state index contributed by atoms with van der Waals surface area (Å²) in [6.07, 6.45) is 1.28. The molecule has 0 aliphatic rings. The molecule has 0 spiro atoms. The molecule has 1 aromatic heterocycles. The molecule has 0 N–H and O–H groups in total. The van der Waals surface area contributed by atoms with Crippen molar-refractivity contribution in [2.45, 2.75) is 33.2 Å². The largest absolute Gasteiger partial charge is 0.361 e. The highest BCUT2D eigenvalue weighted by Gasteiger charge is 2.11. The zero-order valence-electron chi connectivity index (χ0n) is 12.2. The monoisotopic (exact) mass is 272 g/mol. The fourth-order valence-electron chi connectivity index (χ4n) is 2.02. The fraction of sp³-hybridized carbons (Fsp3) is 0.375. The first kappa shape index (κ1) is 14.3. The number of amides is 1. The first-order valence-electron chi connectivity index (χ1n) is 6.76. The molecule has 0 radical (unpaired) electrons. The Morgan fingerprint density at radius 3 is 2.55 bits per heavy atom. The van der Waals surface area contributed by atoms with Crippen LogP contribution in [0.3, 0.4) is 0 Å². The molecular weight excluding hydrogens is 252 g/mol. The molecule has 0 aliphatic heterocycles. The molecule has 4 nitrogen and oxygen atoms in total. The van der Waals surface area contributed by atoms with E-state index in [4.69, 9.17) is 4.52 Å². The summed E-state index contributed by atoms with van der Waals surface area (Å²) < 4.78 is 5.00. The maximum absolute atomic E-state index is 12.1. The van der Waals surface area contributed by atoms with Crippen LogP contribution in [-0.4, -0.2) is 23.0 Å². The van der Waals surface area contributed by atoms with Crippen LogP contribution in [0.5, 0.6) is 0 Å². The summed E-state index contributed by atoms with van der Waals surface area (Å²) in [5.41, 5.74) is 3.21. The highest BCUT2D eigenvalue weighted by molar-refractivity contribution is 5.76. The van der Waals surface area contributed by atoms with Crippen LogP contribution >= 0.6 is 0 Å². The Labute approximate surface area is 119 Å². The van der Waals surface area contributed by atoms with Gasteiger partial charge in [0, 0.05) is 19.5 Å². The van der Waals surface area contributed by atoms with Gasteiger partial charge in [-0.3, -0.25) is 4.79 Å². The van der Waals surface area contributed by atoms with Gasteiger partial charge in [0.25, 0.3) is 0 Å². The number of rotatable bonds is 5. The lowest BCUT2D eigenvalue weighted by molar-refractivity contribution is -0.130. The molecule has 0 saturated carbocycles. The van der Waals surface area contributed by atoms with Crippen LogP contribution in [0.1, 0.15) is 29.0 Å². The zero-order valence-corrected chi connectivity index (χ0v) is 12.2. The number of carbonyl (C=O) groups is 1. The first-order valence-corrected chi connectivity index (χ1v) is 6.76. The van der Waals surface area contributed by atoms with Crippen LogP contribution in [0, 0.1) is 13.8 Å². The van der Waals surface area contributed by atoms with Gasteiger partial charge in [0.05, 0.1) is 6.54 Å². The Morgan fingerprint density at radius 1 is 1.25 bits per heavy atom. The minimum Gasteiger partial charge on any atom is -0.361 e. The van der Waals surface area contributed by atoms with Gasteiger partial charge in [-0.1, -0.05) is 35.0 Å². The van der Waals surface area contributed by atoms with E-state index in [1.165, 1.54) is 11.1 Å². The number of carbonyl (C=O) groups excluding carboxylic acids is 1. The van der Waals surface area contributed by atoms with Gasteiger partial charge < -0.3 is 9.42 Å². The third-order valence-corrected chi connectivity index (χ3v) is 3.25. The predicted octanol–water partition coefficient (Wildman–Crippen LogP) is 2.88. The molecule has 0 fully saturated rings. The second-order valence-electron chi connectivity index (χ2n) is 5.16. The van der Waals surface area contributed by atoms with E-state index in [0.29, 0.717) is 13.0 Å². The Hall–Kier alpha value is -2.10. The highest BCUT2D eigenvalue weighted by Crippen LogP contribution is 2.09. The molecule has 2 rings (SSSR count). The smallest absolute Gasteiger partial charge is 0.222 e. The molecule has 0 atom stereocenters. The van der Waals surface area contributed by atoms with E-state index in [1.54, 1.807) is 11.9 Å². The Kier molecular flexibility index (Phi) is 4.56. The van der Waals surface area contributed by atoms with E-state index in [-0.39, 0.29) is 5.91 Å². The molecule has 1 heterocycles. The van der Waals surface area contributed by atoms with Crippen molar-refractivity contribution in [1.29, 1.82) is 0 Å². The van der Waals surface area contributed by atoms with Crippen LogP contribution < -0.4 is 0 Å². The van der Waals surface area contributed by atoms with Crippen molar-refractivity contribution in [1.82, 2.24) is 10.1 Å². The maximum Gasteiger partial charge on any atom is 0.222 e. The number of hydrogen-bond acceptors (Lipinski definition) is 3. The SMILES string of the molecule is Cc1ccc(CCC(=O)N(C)Cc2cc(C)on2)cc1. The molecule has 0 aliphatic carbocycles. The number of hydrogen-bond donors (Lipinski definition) is 0. The summed E-state index contributed by atoms with van der Waals surface area (Å²) in [5.74, 6) is 0.881. The Morgan fingerprint density at radius 2 is 1.95 bits per heavy atom. The van der Waals surface area contributed by atoms with Crippen molar-refractivity contribution in [2.75, 3.05) is 7.05 Å². The summed E-state index contributed by atoms with van der Waals surface area (Å²) in [6, 6.07) is 10.1. The molecule has 0 bridgehead atoms. The van der Waals surface area contributed by atoms with Crippen LogP contribution in [0.15, 0.2) is 34.9 Å². The molecule has 4 heteroatoms. The van der Waals surface area contributed by atoms with E-state index < -0.39 is 0 Å². The van der Waals surface area contributed by atoms with E-state index in [1.807, 2.05) is 13.0 Å². The summed E-state index contributed by atoms with van der Waals surface area (Å²) >= 11 is 0. The van der Waals surface area contributed by atoms with Gasteiger partial charge in [-0.05, 0) is 25.8 Å². The topological polar surface area (TPSA) is 46.3 Å². The molecule has 1 aromatic carbocycles. The van der Waals surface area contributed by atoms with Crippen LogP contribution in [-0.2, 0) is 17.8 Å². The summed E-state index contributed by atoms with van der Waals surface area (Å²) in [5, 5.41) is 3.90. The van der Waals surface area contributed by atoms with Crippen molar-refractivity contribution in [3.05, 3.63) is 52.9 Å². The maximum atomic E-state index is 12.1. The van der Waals surface area contributed by atoms with Crippen molar-refractivity contribution in [3.63, 3.8) is 0 Å². The molecule has 2 aromatic rings. The minimum absolute atomic E-state index is 0.117. The molecule has 1 amide bonds. The lowest BCUT2D eigenvalue weighted by Crippen LogP contribution is -2.26. The third kappa shape index (κ3) is 3.95. The molecule has 106 valence electrons. The average molecular weight is 272 g/mol. The normalized spacial score (nSPS) is 10.6. The number of benzene rings is 1. The van der Waals surface area contributed by atoms with E-state index in [2.05, 4.69) is 36.3 Å². The summed E-state index contributed by atoms with van der Waals surface area (Å²) in [7, 11) is 1.79.